The van der Waals surface area contributed by atoms with Gasteiger partial charge in [-0.25, -0.2) is 0 Å². The number of alkyl halides is 3. The molecule has 3 unspecified atom stereocenters. The maximum absolute atomic E-state index is 14.2. The molecule has 0 radical (unpaired) electrons. The number of nitrogens with zero attached hydrogens (tertiary/aromatic N) is 1. The summed E-state index contributed by atoms with van der Waals surface area (Å²) in [7, 11) is 2.29. The van der Waals surface area contributed by atoms with Crippen LogP contribution in [-0.4, -0.2) is 59.7 Å². The van der Waals surface area contributed by atoms with E-state index in [1.807, 2.05) is 12.2 Å². The number of carbonyl (C=O) groups is 1. The minimum Gasteiger partial charge on any atom is -0.506 e. The molecule has 1 aromatic carbocycles. The van der Waals surface area contributed by atoms with E-state index < -0.39 is 29.1 Å². The van der Waals surface area contributed by atoms with Crippen LogP contribution in [-0.2, 0) is 9.53 Å². The lowest BCUT2D eigenvalue weighted by atomic mass is 9.46. The second kappa shape index (κ2) is 8.58. The second-order valence-electron chi connectivity index (χ2n) is 11.8. The summed E-state index contributed by atoms with van der Waals surface area (Å²) in [6.45, 7) is 5.81. The van der Waals surface area contributed by atoms with Crippen molar-refractivity contribution in [2.24, 2.45) is 17.3 Å². The molecule has 2 bridgehead atoms. The van der Waals surface area contributed by atoms with Crippen molar-refractivity contribution in [1.29, 1.82) is 0 Å². The maximum Gasteiger partial charge on any atom is 0.425 e. The number of hydrogen-bond donors (Lipinski definition) is 2. The minimum atomic E-state index is -5.06. The van der Waals surface area contributed by atoms with Gasteiger partial charge in [-0.2, -0.15) is 13.2 Å². The van der Waals surface area contributed by atoms with Gasteiger partial charge in [-0.05, 0) is 25.0 Å². The third-order valence-corrected chi connectivity index (χ3v) is 10.0. The van der Waals surface area contributed by atoms with Crippen LogP contribution in [0.15, 0.2) is 72.4 Å². The number of aliphatic hydroxyl groups is 1. The summed E-state index contributed by atoms with van der Waals surface area (Å²) in [6, 6.07) is 7.73. The number of nitrogens with one attached hydrogen (secondary N) is 1. The van der Waals surface area contributed by atoms with Crippen molar-refractivity contribution < 1.29 is 32.3 Å². The van der Waals surface area contributed by atoms with E-state index in [-0.39, 0.29) is 23.0 Å². The van der Waals surface area contributed by atoms with Crippen molar-refractivity contribution in [3.63, 3.8) is 0 Å². The van der Waals surface area contributed by atoms with Crippen molar-refractivity contribution in [2.45, 2.75) is 56.2 Å². The van der Waals surface area contributed by atoms with Crippen LogP contribution in [0.1, 0.15) is 37.7 Å². The summed E-state index contributed by atoms with van der Waals surface area (Å²) in [6.07, 6.45) is 6.94. The Bertz CT molecular complexity index is 1250. The van der Waals surface area contributed by atoms with Crippen LogP contribution < -0.4 is 5.32 Å². The highest BCUT2D eigenvalue weighted by atomic mass is 19.4. The fraction of sp³-hybridized carbons (Fsp3) is 0.500. The van der Waals surface area contributed by atoms with E-state index in [0.29, 0.717) is 12.0 Å². The number of piperidine rings is 1. The SMILES string of the molecule is C=CC[N+]1(C)CC[C@]23C4C5=CC=CC4(NC(=O)C(=C(O)c4ccccc4)C(F)(F)F)O[C@H]2CCC[C@H]3[C@H]1C5. The molecule has 3 aliphatic carbocycles. The molecule has 2 saturated carbocycles. The maximum atomic E-state index is 14.2. The molecule has 2 N–H and O–H groups in total. The van der Waals surface area contributed by atoms with E-state index in [1.165, 1.54) is 24.3 Å². The van der Waals surface area contributed by atoms with Crippen LogP contribution in [0.5, 0.6) is 0 Å². The molecule has 38 heavy (non-hydrogen) atoms. The first-order chi connectivity index (χ1) is 18.1. The van der Waals surface area contributed by atoms with E-state index in [4.69, 9.17) is 4.74 Å². The molecule has 2 saturated heterocycles. The molecule has 5 aliphatic rings. The Morgan fingerprint density at radius 3 is 2.76 bits per heavy atom. The van der Waals surface area contributed by atoms with Gasteiger partial charge in [0.05, 0.1) is 32.3 Å². The average Bonchev–Trinajstić information content (AvgIpc) is 3.15. The number of amides is 1. The van der Waals surface area contributed by atoms with Crippen molar-refractivity contribution in [1.82, 2.24) is 5.32 Å². The van der Waals surface area contributed by atoms with Crippen LogP contribution in [0.2, 0.25) is 0 Å². The molecule has 0 aromatic heterocycles. The Hall–Kier alpha value is -2.84. The molecule has 2 aliphatic heterocycles. The van der Waals surface area contributed by atoms with E-state index in [2.05, 4.69) is 25.0 Å². The van der Waals surface area contributed by atoms with Crippen molar-refractivity contribution >= 4 is 11.7 Å². The van der Waals surface area contributed by atoms with Gasteiger partial charge in [-0.3, -0.25) is 4.79 Å². The quantitative estimate of drug-likeness (QED) is 0.232. The highest BCUT2D eigenvalue weighted by molar-refractivity contribution is 6.01. The lowest BCUT2D eigenvalue weighted by Crippen LogP contribution is -2.71. The zero-order valence-electron chi connectivity index (χ0n) is 21.5. The monoisotopic (exact) mass is 527 g/mol. The van der Waals surface area contributed by atoms with Crippen LogP contribution in [0.25, 0.3) is 5.76 Å². The van der Waals surface area contributed by atoms with Crippen LogP contribution in [0.4, 0.5) is 13.2 Å². The summed E-state index contributed by atoms with van der Waals surface area (Å²) in [4.78, 5) is 13.5. The molecule has 7 atom stereocenters. The van der Waals surface area contributed by atoms with Gasteiger partial charge in [-0.1, -0.05) is 61.1 Å². The number of benzene rings is 1. The van der Waals surface area contributed by atoms with Gasteiger partial charge >= 0.3 is 6.18 Å². The number of carbonyl (C=O) groups excluding carboxylic acids is 1. The first kappa shape index (κ1) is 25.4. The van der Waals surface area contributed by atoms with E-state index >= 15 is 0 Å². The summed E-state index contributed by atoms with van der Waals surface area (Å²) >= 11 is 0. The van der Waals surface area contributed by atoms with Crippen LogP contribution in [0.3, 0.4) is 0 Å². The normalized spacial score (nSPS) is 39.5. The Morgan fingerprint density at radius 1 is 1.29 bits per heavy atom. The number of hydrogen-bond acceptors (Lipinski definition) is 3. The largest absolute Gasteiger partial charge is 0.506 e. The fourth-order valence-electron chi connectivity index (χ4n) is 8.63. The average molecular weight is 528 g/mol. The molecular formula is C30H34F3N2O3+. The number of likely N-dealkylation sites (N-methyl/N-ethyl adjacent to an activating group) is 1. The molecular weight excluding hydrogens is 493 g/mol. The Balaban J connectivity index is 1.42. The zero-order valence-corrected chi connectivity index (χ0v) is 21.5. The predicted molar refractivity (Wildman–Crippen MR) is 137 cm³/mol. The van der Waals surface area contributed by atoms with Gasteiger partial charge in [0.2, 0.25) is 0 Å². The van der Waals surface area contributed by atoms with Crippen molar-refractivity contribution in [3.8, 4) is 0 Å². The Kier molecular flexibility index (Phi) is 5.74. The number of quaternary nitrogens is 1. The third kappa shape index (κ3) is 3.49. The van der Waals surface area contributed by atoms with Crippen LogP contribution in [0, 0.1) is 17.3 Å². The van der Waals surface area contributed by atoms with Gasteiger partial charge in [0.15, 0.2) is 11.3 Å². The molecule has 6 rings (SSSR count). The zero-order chi connectivity index (χ0) is 26.9. The fourth-order valence-corrected chi connectivity index (χ4v) is 8.63. The van der Waals surface area contributed by atoms with E-state index in [9.17, 15) is 23.1 Å². The van der Waals surface area contributed by atoms with Crippen molar-refractivity contribution in [2.75, 3.05) is 20.1 Å². The van der Waals surface area contributed by atoms with Gasteiger partial charge in [0.25, 0.3) is 5.91 Å². The number of ether oxygens (including phenoxy) is 1. The molecule has 202 valence electrons. The van der Waals surface area contributed by atoms with Gasteiger partial charge in [0, 0.05) is 35.7 Å². The van der Waals surface area contributed by atoms with Gasteiger partial charge in [-0.15, -0.1) is 0 Å². The molecule has 5 nitrogen and oxygen atoms in total. The Labute approximate surface area is 220 Å². The number of likely N-dealkylation sites (tertiary alicyclic amines) is 1. The number of rotatable bonds is 5. The smallest absolute Gasteiger partial charge is 0.425 e. The standard InChI is InChI=1S/C30H33F3N2O3/c1-3-16-35(2)17-15-28-21-12-7-13-23(28)38-29(14-8-11-20(26(28)29)18-22(21)35)34-27(37)24(30(31,32)33)25(36)19-9-5-4-6-10-19/h3-6,8-11,14,21-23,26H,1,7,12-13,15-18H2,2H3,(H-,34,36,37)/p+1/t21-,22+,23-,26?,28+,29?,35?/m0/s1. The summed E-state index contributed by atoms with van der Waals surface area (Å²) in [5.41, 5.74) is -2.17. The third-order valence-electron chi connectivity index (χ3n) is 10.0. The van der Waals surface area contributed by atoms with Gasteiger partial charge < -0.3 is 19.6 Å². The number of allylic oxidation sites excluding steroid dienone is 2. The lowest BCUT2D eigenvalue weighted by Gasteiger charge is -2.63. The van der Waals surface area contributed by atoms with Crippen molar-refractivity contribution in [3.05, 3.63) is 77.9 Å². The molecule has 2 heterocycles. The summed E-state index contributed by atoms with van der Waals surface area (Å²) in [5.74, 6) is -2.35. The number of halogens is 3. The minimum absolute atomic E-state index is 0.0704. The van der Waals surface area contributed by atoms with Crippen LogP contribution >= 0.6 is 0 Å². The summed E-state index contributed by atoms with van der Waals surface area (Å²) in [5, 5.41) is 13.3. The highest BCUT2D eigenvalue weighted by Gasteiger charge is 2.74. The van der Waals surface area contributed by atoms with E-state index in [0.717, 1.165) is 55.2 Å². The molecule has 4 fully saturated rings. The predicted octanol–water partition coefficient (Wildman–Crippen LogP) is 5.44. The molecule has 1 aromatic rings. The molecule has 1 spiro atoms. The van der Waals surface area contributed by atoms with Gasteiger partial charge in [0.1, 0.15) is 5.76 Å². The topological polar surface area (TPSA) is 58.6 Å². The first-order valence-electron chi connectivity index (χ1n) is 13.5. The highest BCUT2D eigenvalue weighted by Crippen LogP contribution is 2.69. The second-order valence-corrected chi connectivity index (χ2v) is 11.8. The lowest BCUT2D eigenvalue weighted by molar-refractivity contribution is -0.942. The Morgan fingerprint density at radius 2 is 2.05 bits per heavy atom. The summed E-state index contributed by atoms with van der Waals surface area (Å²) < 4.78 is 50.4. The van der Waals surface area contributed by atoms with E-state index in [1.54, 1.807) is 12.1 Å². The number of aliphatic hydroxyl groups excluding tert-OH is 1. The first-order valence-corrected chi connectivity index (χ1v) is 13.5. The molecule has 8 heteroatoms. The molecule has 1 amide bonds.